The van der Waals surface area contributed by atoms with Crippen molar-refractivity contribution in [2.24, 2.45) is 0 Å². The molecule has 0 N–H and O–H groups in total. The van der Waals surface area contributed by atoms with E-state index in [1.165, 1.54) is 0 Å². The predicted molar refractivity (Wildman–Crippen MR) is 83.1 cm³/mol. The molecule has 4 heteroatoms. The van der Waals surface area contributed by atoms with Crippen LogP contribution in [0.4, 0.5) is 0 Å². The summed E-state index contributed by atoms with van der Waals surface area (Å²) in [7, 11) is 2.22. The molecule has 0 aromatic heterocycles. The first-order valence-corrected chi connectivity index (χ1v) is 6.94. The van der Waals surface area contributed by atoms with Gasteiger partial charge in [-0.15, -0.1) is 0 Å². The first-order chi connectivity index (χ1) is 9.70. The smallest absolute Gasteiger partial charge is 0.236 e. The number of hydrogen-bond donors (Lipinski definition) is 0. The Morgan fingerprint density at radius 3 is 2.00 bits per heavy atom. The molecule has 2 aromatic carbocycles. The van der Waals surface area contributed by atoms with Crippen LogP contribution in [0.25, 0.3) is 0 Å². The number of rotatable bonds is 6. The summed E-state index contributed by atoms with van der Waals surface area (Å²) in [5, 5.41) is 0. The molecule has 0 heterocycles. The Labute approximate surface area is 122 Å². The molecule has 3 nitrogen and oxygen atoms in total. The summed E-state index contributed by atoms with van der Waals surface area (Å²) in [6.07, 6.45) is -0.472. The van der Waals surface area contributed by atoms with Gasteiger partial charge in [0.25, 0.3) is 0 Å². The van der Waals surface area contributed by atoms with Crippen molar-refractivity contribution in [2.45, 2.75) is 20.1 Å². The molecule has 2 aromatic rings. The summed E-state index contributed by atoms with van der Waals surface area (Å²) >= 11 is 0. The fourth-order valence-electron chi connectivity index (χ4n) is 1.81. The summed E-state index contributed by atoms with van der Waals surface area (Å²) in [5.74, 6) is 1.64. The second kappa shape index (κ2) is 7.28. The molecule has 0 bridgehead atoms. The van der Waals surface area contributed by atoms with E-state index in [2.05, 4.69) is 9.47 Å². The number of aryl methyl sites for hydroxylation is 2. The SMILES string of the molecule is Cc1ccccc1OCC(OP)Oc1ccccc1C. The Kier molecular flexibility index (Phi) is 5.40. The highest BCUT2D eigenvalue weighted by Gasteiger charge is 2.12. The average molecular weight is 290 g/mol. The Bertz CT molecular complexity index is 557. The minimum absolute atomic E-state index is 0.322. The zero-order chi connectivity index (χ0) is 14.4. The molecule has 0 amide bonds. The van der Waals surface area contributed by atoms with Crippen LogP contribution in [0.2, 0.25) is 0 Å². The van der Waals surface area contributed by atoms with Crippen LogP contribution >= 0.6 is 9.47 Å². The molecule has 0 saturated heterocycles. The van der Waals surface area contributed by atoms with Crippen molar-refractivity contribution < 1.29 is 14.0 Å². The standard InChI is InChI=1S/C16H19O3P/c1-12-7-3-5-9-14(12)17-11-16(19-20)18-15-10-6-4-8-13(15)2/h3-10,16H,11,20H2,1-2H3. The third-order valence-corrected chi connectivity index (χ3v) is 3.28. The largest absolute Gasteiger partial charge is 0.487 e. The van der Waals surface area contributed by atoms with Crippen LogP contribution < -0.4 is 9.47 Å². The van der Waals surface area contributed by atoms with Gasteiger partial charge in [-0.25, -0.2) is 0 Å². The zero-order valence-electron chi connectivity index (χ0n) is 11.7. The van der Waals surface area contributed by atoms with E-state index in [9.17, 15) is 0 Å². The highest BCUT2D eigenvalue weighted by atomic mass is 31.0. The van der Waals surface area contributed by atoms with E-state index in [0.717, 1.165) is 22.6 Å². The van der Waals surface area contributed by atoms with Gasteiger partial charge >= 0.3 is 0 Å². The molecule has 2 rings (SSSR count). The third kappa shape index (κ3) is 3.96. The Morgan fingerprint density at radius 1 is 0.900 bits per heavy atom. The molecule has 2 atom stereocenters. The Balaban J connectivity index is 1.96. The minimum atomic E-state index is -0.472. The van der Waals surface area contributed by atoms with Crippen LogP contribution in [0.1, 0.15) is 11.1 Å². The maximum absolute atomic E-state index is 5.79. The van der Waals surface area contributed by atoms with Gasteiger partial charge in [0.15, 0.2) is 6.61 Å². The molecule has 2 unspecified atom stereocenters. The minimum Gasteiger partial charge on any atom is -0.487 e. The predicted octanol–water partition coefficient (Wildman–Crippen LogP) is 3.89. The zero-order valence-corrected chi connectivity index (χ0v) is 12.9. The van der Waals surface area contributed by atoms with E-state index in [4.69, 9.17) is 14.0 Å². The van der Waals surface area contributed by atoms with Gasteiger partial charge in [0.05, 0.1) is 0 Å². The molecular weight excluding hydrogens is 271 g/mol. The molecule has 0 aliphatic rings. The lowest BCUT2D eigenvalue weighted by atomic mass is 10.2. The fraction of sp³-hybridized carbons (Fsp3) is 0.250. The average Bonchev–Trinajstić information content (AvgIpc) is 2.47. The maximum atomic E-state index is 5.79. The first kappa shape index (κ1) is 14.8. The summed E-state index contributed by atoms with van der Waals surface area (Å²) in [6.45, 7) is 4.33. The van der Waals surface area contributed by atoms with Crippen LogP contribution in [0, 0.1) is 13.8 Å². The van der Waals surface area contributed by atoms with E-state index in [1.807, 2.05) is 62.4 Å². The molecule has 106 valence electrons. The second-order valence-corrected chi connectivity index (χ2v) is 4.80. The molecule has 0 spiro atoms. The molecule has 20 heavy (non-hydrogen) atoms. The molecule has 0 saturated carbocycles. The summed E-state index contributed by atoms with van der Waals surface area (Å²) in [6, 6.07) is 15.7. The highest BCUT2D eigenvalue weighted by Crippen LogP contribution is 2.21. The van der Waals surface area contributed by atoms with Crippen molar-refractivity contribution in [3.05, 3.63) is 59.7 Å². The quantitative estimate of drug-likeness (QED) is 0.596. The Hall–Kier alpha value is -1.57. The molecule has 0 fully saturated rings. The van der Waals surface area contributed by atoms with Gasteiger partial charge in [0.2, 0.25) is 6.29 Å². The maximum Gasteiger partial charge on any atom is 0.236 e. The number of hydrogen-bond acceptors (Lipinski definition) is 3. The molecular formula is C16H19O3P. The van der Waals surface area contributed by atoms with Crippen molar-refractivity contribution >= 4 is 9.47 Å². The summed E-state index contributed by atoms with van der Waals surface area (Å²) in [5.41, 5.74) is 2.15. The van der Waals surface area contributed by atoms with Crippen LogP contribution in [0.15, 0.2) is 48.5 Å². The lowest BCUT2D eigenvalue weighted by Gasteiger charge is -2.19. The topological polar surface area (TPSA) is 27.7 Å². The summed E-state index contributed by atoms with van der Waals surface area (Å²) in [4.78, 5) is 0. The molecule has 0 radical (unpaired) electrons. The van der Waals surface area contributed by atoms with Gasteiger partial charge in [-0.3, -0.25) is 0 Å². The van der Waals surface area contributed by atoms with Crippen molar-refractivity contribution in [1.82, 2.24) is 0 Å². The van der Waals surface area contributed by atoms with Crippen molar-refractivity contribution in [3.63, 3.8) is 0 Å². The molecule has 0 aliphatic heterocycles. The fourth-order valence-corrected chi connectivity index (χ4v) is 1.94. The van der Waals surface area contributed by atoms with Crippen molar-refractivity contribution in [3.8, 4) is 11.5 Å². The van der Waals surface area contributed by atoms with E-state index >= 15 is 0 Å². The van der Waals surface area contributed by atoms with E-state index in [0.29, 0.717) is 6.61 Å². The number of para-hydroxylation sites is 2. The van der Waals surface area contributed by atoms with Crippen molar-refractivity contribution in [1.29, 1.82) is 0 Å². The van der Waals surface area contributed by atoms with E-state index in [1.54, 1.807) is 0 Å². The van der Waals surface area contributed by atoms with Crippen LogP contribution in [-0.4, -0.2) is 12.9 Å². The summed E-state index contributed by atoms with van der Waals surface area (Å²) < 4.78 is 16.8. The monoisotopic (exact) mass is 290 g/mol. The first-order valence-electron chi connectivity index (χ1n) is 6.47. The van der Waals surface area contributed by atoms with Gasteiger partial charge in [-0.2, -0.15) is 0 Å². The van der Waals surface area contributed by atoms with Gasteiger partial charge in [0, 0.05) is 9.47 Å². The van der Waals surface area contributed by atoms with E-state index in [-0.39, 0.29) is 0 Å². The van der Waals surface area contributed by atoms with Gasteiger partial charge in [-0.1, -0.05) is 36.4 Å². The number of benzene rings is 2. The second-order valence-electron chi connectivity index (χ2n) is 4.53. The van der Waals surface area contributed by atoms with Crippen LogP contribution in [0.3, 0.4) is 0 Å². The van der Waals surface area contributed by atoms with Gasteiger partial charge < -0.3 is 14.0 Å². The van der Waals surface area contributed by atoms with Crippen molar-refractivity contribution in [2.75, 3.05) is 6.61 Å². The lowest BCUT2D eigenvalue weighted by molar-refractivity contribution is -0.0155. The highest BCUT2D eigenvalue weighted by molar-refractivity contribution is 7.09. The number of ether oxygens (including phenoxy) is 2. The van der Waals surface area contributed by atoms with Crippen LogP contribution in [0.5, 0.6) is 11.5 Å². The van der Waals surface area contributed by atoms with E-state index < -0.39 is 6.29 Å². The van der Waals surface area contributed by atoms with Gasteiger partial charge in [0.1, 0.15) is 11.5 Å². The molecule has 0 aliphatic carbocycles. The Morgan fingerprint density at radius 2 is 1.45 bits per heavy atom. The van der Waals surface area contributed by atoms with Crippen LogP contribution in [-0.2, 0) is 4.52 Å². The normalized spacial score (nSPS) is 11.9. The lowest BCUT2D eigenvalue weighted by Crippen LogP contribution is -2.25. The van der Waals surface area contributed by atoms with Gasteiger partial charge in [-0.05, 0) is 37.1 Å². The third-order valence-electron chi connectivity index (χ3n) is 2.97.